The van der Waals surface area contributed by atoms with E-state index in [0.717, 1.165) is 11.1 Å². The second kappa shape index (κ2) is 7.47. The van der Waals surface area contributed by atoms with Crippen LogP contribution in [0.5, 0.6) is 11.5 Å². The molecule has 0 aliphatic carbocycles. The number of carbonyl (C=O) groups excluding carboxylic acids is 1. The summed E-state index contributed by atoms with van der Waals surface area (Å²) in [6.07, 6.45) is 0.208. The average molecular weight is 337 g/mol. The lowest BCUT2D eigenvalue weighted by Crippen LogP contribution is -2.10. The van der Waals surface area contributed by atoms with Crippen molar-refractivity contribution in [1.82, 2.24) is 0 Å². The first-order valence-corrected chi connectivity index (χ1v) is 7.67. The summed E-state index contributed by atoms with van der Waals surface area (Å²) in [6, 6.07) is 7.92. The molecule has 0 saturated carbocycles. The molecule has 122 valence electrons. The van der Waals surface area contributed by atoms with Gasteiger partial charge in [-0.1, -0.05) is 24.6 Å². The Kier molecular flexibility index (Phi) is 5.61. The van der Waals surface area contributed by atoms with Crippen LogP contribution in [0.4, 0.5) is 4.39 Å². The van der Waals surface area contributed by atoms with Crippen molar-refractivity contribution in [1.29, 1.82) is 0 Å². The van der Waals surface area contributed by atoms with Gasteiger partial charge in [-0.05, 0) is 49.2 Å². The largest absolute Gasteiger partial charge is 0.487 e. The van der Waals surface area contributed by atoms with Gasteiger partial charge in [0.25, 0.3) is 0 Å². The van der Waals surface area contributed by atoms with E-state index < -0.39 is 11.8 Å². The van der Waals surface area contributed by atoms with Crippen LogP contribution in [0.1, 0.15) is 30.0 Å². The van der Waals surface area contributed by atoms with Crippen molar-refractivity contribution in [3.8, 4) is 11.5 Å². The third-order valence-electron chi connectivity index (χ3n) is 3.51. The first kappa shape index (κ1) is 17.3. The molecule has 23 heavy (non-hydrogen) atoms. The Hall–Kier alpha value is -2.07. The molecule has 0 atom stereocenters. The van der Waals surface area contributed by atoms with Gasteiger partial charge in [-0.2, -0.15) is 0 Å². The minimum Gasteiger partial charge on any atom is -0.487 e. The Morgan fingerprint density at radius 1 is 1.17 bits per heavy atom. The molecule has 3 nitrogen and oxygen atoms in total. The molecule has 0 heterocycles. The zero-order chi connectivity index (χ0) is 17.0. The number of hydrogen-bond acceptors (Lipinski definition) is 3. The van der Waals surface area contributed by atoms with E-state index in [1.54, 1.807) is 19.1 Å². The zero-order valence-corrected chi connectivity index (χ0v) is 14.0. The second-order valence-corrected chi connectivity index (χ2v) is 5.61. The SMILES string of the molecule is CCC(=O)Oc1cccc(F)c1COc1cc(C)c(C)cc1Cl. The molecule has 0 unspecified atom stereocenters. The monoisotopic (exact) mass is 336 g/mol. The molecule has 0 N–H and O–H groups in total. The van der Waals surface area contributed by atoms with Gasteiger partial charge in [0.05, 0.1) is 10.6 Å². The maximum Gasteiger partial charge on any atom is 0.310 e. The van der Waals surface area contributed by atoms with Crippen molar-refractivity contribution in [2.75, 3.05) is 0 Å². The van der Waals surface area contributed by atoms with Gasteiger partial charge in [-0.15, -0.1) is 0 Å². The molecule has 0 aliphatic heterocycles. The number of rotatable bonds is 5. The van der Waals surface area contributed by atoms with Gasteiger partial charge in [-0.3, -0.25) is 4.79 Å². The molecular formula is C18H18ClFO3. The minimum atomic E-state index is -0.494. The average Bonchev–Trinajstić information content (AvgIpc) is 2.51. The van der Waals surface area contributed by atoms with Crippen molar-refractivity contribution in [3.63, 3.8) is 0 Å². The van der Waals surface area contributed by atoms with E-state index in [9.17, 15) is 9.18 Å². The molecule has 0 saturated heterocycles. The predicted octanol–water partition coefficient (Wildman–Crippen LogP) is 4.99. The summed E-state index contributed by atoms with van der Waals surface area (Å²) in [7, 11) is 0. The predicted molar refractivity (Wildman–Crippen MR) is 87.6 cm³/mol. The van der Waals surface area contributed by atoms with Gasteiger partial charge in [0.1, 0.15) is 23.9 Å². The lowest BCUT2D eigenvalue weighted by molar-refractivity contribution is -0.134. The van der Waals surface area contributed by atoms with E-state index in [1.165, 1.54) is 18.2 Å². The number of aryl methyl sites for hydroxylation is 2. The van der Waals surface area contributed by atoms with Crippen molar-refractivity contribution in [2.24, 2.45) is 0 Å². The molecule has 0 aromatic heterocycles. The molecular weight excluding hydrogens is 319 g/mol. The standard InChI is InChI=1S/C18H18ClFO3/c1-4-18(21)23-16-7-5-6-15(20)13(16)10-22-17-9-12(3)11(2)8-14(17)19/h5-9H,4,10H2,1-3H3. The topological polar surface area (TPSA) is 35.5 Å². The van der Waals surface area contributed by atoms with E-state index in [1.807, 2.05) is 13.8 Å². The smallest absolute Gasteiger partial charge is 0.310 e. The maximum atomic E-state index is 14.0. The summed E-state index contributed by atoms with van der Waals surface area (Å²) in [5.74, 6) is -0.296. The Labute approximate surface area is 140 Å². The Morgan fingerprint density at radius 2 is 1.87 bits per heavy atom. The van der Waals surface area contributed by atoms with Crippen LogP contribution in [-0.2, 0) is 11.4 Å². The van der Waals surface area contributed by atoms with E-state index in [-0.39, 0.29) is 24.3 Å². The molecule has 0 fully saturated rings. The minimum absolute atomic E-state index is 0.0821. The lowest BCUT2D eigenvalue weighted by atomic mass is 10.1. The van der Waals surface area contributed by atoms with Crippen LogP contribution >= 0.6 is 11.6 Å². The van der Waals surface area contributed by atoms with E-state index >= 15 is 0 Å². The van der Waals surface area contributed by atoms with Crippen LogP contribution < -0.4 is 9.47 Å². The summed E-state index contributed by atoms with van der Waals surface area (Å²) in [6.45, 7) is 5.48. The normalized spacial score (nSPS) is 10.5. The van der Waals surface area contributed by atoms with Gasteiger partial charge < -0.3 is 9.47 Å². The summed E-state index contributed by atoms with van der Waals surface area (Å²) in [5, 5.41) is 0.455. The molecule has 0 radical (unpaired) electrons. The molecule has 5 heteroatoms. The highest BCUT2D eigenvalue weighted by Gasteiger charge is 2.14. The van der Waals surface area contributed by atoms with Gasteiger partial charge >= 0.3 is 5.97 Å². The fourth-order valence-electron chi connectivity index (χ4n) is 1.98. The van der Waals surface area contributed by atoms with Crippen molar-refractivity contribution in [3.05, 3.63) is 57.9 Å². The number of halogens is 2. The Morgan fingerprint density at radius 3 is 2.57 bits per heavy atom. The summed E-state index contributed by atoms with van der Waals surface area (Å²) < 4.78 is 24.8. The first-order valence-electron chi connectivity index (χ1n) is 7.30. The van der Waals surface area contributed by atoms with Crippen LogP contribution in [-0.4, -0.2) is 5.97 Å². The fourth-order valence-corrected chi connectivity index (χ4v) is 2.26. The second-order valence-electron chi connectivity index (χ2n) is 5.20. The van der Waals surface area contributed by atoms with Crippen LogP contribution in [0.15, 0.2) is 30.3 Å². The number of hydrogen-bond donors (Lipinski definition) is 0. The molecule has 2 aromatic rings. The van der Waals surface area contributed by atoms with Crippen LogP contribution in [0.2, 0.25) is 5.02 Å². The highest BCUT2D eigenvalue weighted by molar-refractivity contribution is 6.32. The third-order valence-corrected chi connectivity index (χ3v) is 3.80. The highest BCUT2D eigenvalue weighted by atomic mass is 35.5. The van der Waals surface area contributed by atoms with Crippen LogP contribution in [0.3, 0.4) is 0 Å². The van der Waals surface area contributed by atoms with Gasteiger partial charge in [0, 0.05) is 6.42 Å². The number of carbonyl (C=O) groups is 1. The number of ether oxygens (including phenoxy) is 2. The molecule has 0 amide bonds. The molecule has 0 bridgehead atoms. The zero-order valence-electron chi connectivity index (χ0n) is 13.3. The summed E-state index contributed by atoms with van der Waals surface area (Å²) in [5.41, 5.74) is 2.25. The molecule has 0 spiro atoms. The quantitative estimate of drug-likeness (QED) is 0.570. The van der Waals surface area contributed by atoms with Gasteiger partial charge in [-0.25, -0.2) is 4.39 Å². The van der Waals surface area contributed by atoms with Crippen LogP contribution in [0, 0.1) is 19.7 Å². The molecule has 0 aliphatic rings. The lowest BCUT2D eigenvalue weighted by Gasteiger charge is -2.14. The van der Waals surface area contributed by atoms with E-state index in [4.69, 9.17) is 21.1 Å². The number of benzene rings is 2. The summed E-state index contributed by atoms with van der Waals surface area (Å²) in [4.78, 5) is 11.4. The number of esters is 1. The third kappa shape index (κ3) is 4.23. The van der Waals surface area contributed by atoms with Crippen molar-refractivity contribution >= 4 is 17.6 Å². The van der Waals surface area contributed by atoms with Crippen molar-refractivity contribution in [2.45, 2.75) is 33.8 Å². The Balaban J connectivity index is 2.23. The van der Waals surface area contributed by atoms with E-state index in [2.05, 4.69) is 0 Å². The van der Waals surface area contributed by atoms with Crippen molar-refractivity contribution < 1.29 is 18.7 Å². The molecule has 2 rings (SSSR count). The fraction of sp³-hybridized carbons (Fsp3) is 0.278. The van der Waals surface area contributed by atoms with E-state index in [0.29, 0.717) is 10.8 Å². The summed E-state index contributed by atoms with van der Waals surface area (Å²) >= 11 is 6.15. The van der Waals surface area contributed by atoms with Gasteiger partial charge in [0.2, 0.25) is 0 Å². The van der Waals surface area contributed by atoms with Gasteiger partial charge in [0.15, 0.2) is 0 Å². The Bertz CT molecular complexity index is 728. The maximum absolute atomic E-state index is 14.0. The van der Waals surface area contributed by atoms with Crippen LogP contribution in [0.25, 0.3) is 0 Å². The first-order chi connectivity index (χ1) is 10.9. The molecule has 2 aromatic carbocycles. The highest BCUT2D eigenvalue weighted by Crippen LogP contribution is 2.30.